The number of ether oxygens (including phenoxy) is 2. The Morgan fingerprint density at radius 3 is 2.63 bits per heavy atom. The molecule has 1 aromatic heterocycles. The summed E-state index contributed by atoms with van der Waals surface area (Å²) in [6, 6.07) is 17.0. The number of halogens is 1. The Labute approximate surface area is 204 Å². The van der Waals surface area contributed by atoms with E-state index in [1.807, 2.05) is 19.1 Å². The average Bonchev–Trinajstić information content (AvgIpc) is 2.84. The van der Waals surface area contributed by atoms with Gasteiger partial charge in [0.1, 0.15) is 0 Å². The molecule has 9 nitrogen and oxygen atoms in total. The fourth-order valence-electron chi connectivity index (χ4n) is 3.34. The van der Waals surface area contributed by atoms with Crippen molar-refractivity contribution in [2.45, 2.75) is 6.92 Å². The standard InChI is InChI=1S/C25H21ClN4O5/c1-15-7-9-18(10-8-15)28-22(31)14-35-23-16(11-17(26)12-21(23)34-2)13-27-30-24(32)19-5-3-4-6-20(19)29-25(30)33/h3-13H,14H2,1-2H3,(H,28,31)(H,29,33). The molecule has 0 fully saturated rings. The minimum absolute atomic E-state index is 0.171. The van der Waals surface area contributed by atoms with Crippen molar-refractivity contribution < 1.29 is 14.3 Å². The minimum Gasteiger partial charge on any atom is -0.493 e. The number of para-hydroxylation sites is 1. The number of nitrogens with one attached hydrogen (secondary N) is 2. The molecule has 0 bridgehead atoms. The maximum atomic E-state index is 12.7. The zero-order chi connectivity index (χ0) is 24.9. The number of fused-ring (bicyclic) bond motifs is 1. The summed E-state index contributed by atoms with van der Waals surface area (Å²) in [5.41, 5.74) is 1.11. The number of carbonyl (C=O) groups is 1. The second-order valence-corrected chi connectivity index (χ2v) is 8.00. The Morgan fingerprint density at radius 1 is 1.14 bits per heavy atom. The van der Waals surface area contributed by atoms with E-state index in [4.69, 9.17) is 21.1 Å². The van der Waals surface area contributed by atoms with Gasteiger partial charge in [-0.25, -0.2) is 4.79 Å². The van der Waals surface area contributed by atoms with Crippen LogP contribution in [0, 0.1) is 6.92 Å². The molecule has 3 aromatic carbocycles. The molecule has 0 aliphatic rings. The summed E-state index contributed by atoms with van der Waals surface area (Å²) >= 11 is 6.19. The molecule has 0 aliphatic heterocycles. The summed E-state index contributed by atoms with van der Waals surface area (Å²) in [6.45, 7) is 1.62. The molecular weight excluding hydrogens is 472 g/mol. The number of rotatable bonds is 7. The SMILES string of the molecule is COc1cc(Cl)cc(C=Nn2c(=O)[nH]c3ccccc3c2=O)c1OCC(=O)Nc1ccc(C)cc1. The Kier molecular flexibility index (Phi) is 6.98. The first-order valence-corrected chi connectivity index (χ1v) is 10.9. The summed E-state index contributed by atoms with van der Waals surface area (Å²) in [6.07, 6.45) is 1.24. The van der Waals surface area contributed by atoms with Gasteiger partial charge in [0.15, 0.2) is 18.1 Å². The molecule has 4 rings (SSSR count). The van der Waals surface area contributed by atoms with Gasteiger partial charge in [0.05, 0.1) is 24.2 Å². The van der Waals surface area contributed by atoms with E-state index in [1.54, 1.807) is 36.4 Å². The van der Waals surface area contributed by atoms with E-state index in [-0.39, 0.29) is 18.1 Å². The second kappa shape index (κ2) is 10.3. The third-order valence-electron chi connectivity index (χ3n) is 5.05. The highest BCUT2D eigenvalue weighted by Crippen LogP contribution is 2.34. The molecule has 35 heavy (non-hydrogen) atoms. The third kappa shape index (κ3) is 5.42. The first kappa shape index (κ1) is 23.8. The van der Waals surface area contributed by atoms with Crippen LogP contribution in [-0.4, -0.2) is 35.5 Å². The Hall–Kier alpha value is -4.37. The van der Waals surface area contributed by atoms with Gasteiger partial charge in [0.2, 0.25) is 0 Å². The predicted molar refractivity (Wildman–Crippen MR) is 135 cm³/mol. The highest BCUT2D eigenvalue weighted by Gasteiger charge is 2.15. The maximum absolute atomic E-state index is 12.7. The maximum Gasteiger partial charge on any atom is 0.349 e. The van der Waals surface area contributed by atoms with Crippen molar-refractivity contribution >= 4 is 40.3 Å². The predicted octanol–water partition coefficient (Wildman–Crippen LogP) is 3.56. The number of anilines is 1. The lowest BCUT2D eigenvalue weighted by molar-refractivity contribution is -0.118. The fraction of sp³-hybridized carbons (Fsp3) is 0.120. The Balaban J connectivity index is 1.63. The number of nitrogens with zero attached hydrogens (tertiary/aromatic N) is 2. The number of hydrogen-bond acceptors (Lipinski definition) is 6. The molecule has 0 spiro atoms. The van der Waals surface area contributed by atoms with Gasteiger partial charge in [0.25, 0.3) is 11.5 Å². The summed E-state index contributed by atoms with van der Waals surface area (Å²) in [4.78, 5) is 40.2. The number of amides is 1. The largest absolute Gasteiger partial charge is 0.493 e. The van der Waals surface area contributed by atoms with Crippen LogP contribution in [0.4, 0.5) is 5.69 Å². The van der Waals surface area contributed by atoms with Gasteiger partial charge in [0, 0.05) is 22.3 Å². The number of aromatic amines is 1. The van der Waals surface area contributed by atoms with Gasteiger partial charge in [-0.1, -0.05) is 41.4 Å². The highest BCUT2D eigenvalue weighted by atomic mass is 35.5. The van der Waals surface area contributed by atoms with Crippen LogP contribution in [0.15, 0.2) is 75.4 Å². The second-order valence-electron chi connectivity index (χ2n) is 7.57. The lowest BCUT2D eigenvalue weighted by atomic mass is 10.2. The zero-order valence-corrected chi connectivity index (χ0v) is 19.6. The van der Waals surface area contributed by atoms with Crippen molar-refractivity contribution in [3.63, 3.8) is 0 Å². The lowest BCUT2D eigenvalue weighted by Crippen LogP contribution is -2.32. The van der Waals surface area contributed by atoms with Crippen LogP contribution in [0.1, 0.15) is 11.1 Å². The summed E-state index contributed by atoms with van der Waals surface area (Å²) in [5, 5.41) is 7.40. The smallest absolute Gasteiger partial charge is 0.349 e. The van der Waals surface area contributed by atoms with Crippen LogP contribution >= 0.6 is 11.6 Å². The van der Waals surface area contributed by atoms with Crippen LogP contribution in [0.25, 0.3) is 10.9 Å². The van der Waals surface area contributed by atoms with E-state index in [2.05, 4.69) is 15.4 Å². The molecule has 0 radical (unpaired) electrons. The number of H-pyrrole nitrogens is 1. The van der Waals surface area contributed by atoms with E-state index in [0.717, 1.165) is 5.56 Å². The van der Waals surface area contributed by atoms with Crippen molar-refractivity contribution in [1.82, 2.24) is 9.66 Å². The number of benzene rings is 3. The summed E-state index contributed by atoms with van der Waals surface area (Å²) in [5.74, 6) is 0.0303. The fourth-order valence-corrected chi connectivity index (χ4v) is 3.56. The number of carbonyl (C=O) groups excluding carboxylic acids is 1. The van der Waals surface area contributed by atoms with Crippen LogP contribution < -0.4 is 26.0 Å². The van der Waals surface area contributed by atoms with E-state index < -0.39 is 17.2 Å². The van der Waals surface area contributed by atoms with Gasteiger partial charge >= 0.3 is 5.69 Å². The highest BCUT2D eigenvalue weighted by molar-refractivity contribution is 6.31. The first-order valence-electron chi connectivity index (χ1n) is 10.5. The summed E-state index contributed by atoms with van der Waals surface area (Å²) in [7, 11) is 1.42. The topological polar surface area (TPSA) is 115 Å². The number of aromatic nitrogens is 2. The lowest BCUT2D eigenvalue weighted by Gasteiger charge is -2.14. The van der Waals surface area contributed by atoms with Gasteiger partial charge in [-0.3, -0.25) is 9.59 Å². The average molecular weight is 493 g/mol. The molecule has 0 unspecified atom stereocenters. The third-order valence-corrected chi connectivity index (χ3v) is 5.27. The van der Waals surface area contributed by atoms with Crippen LogP contribution in [-0.2, 0) is 4.79 Å². The quantitative estimate of drug-likeness (QED) is 0.383. The van der Waals surface area contributed by atoms with Crippen molar-refractivity contribution in [2.24, 2.45) is 5.10 Å². The van der Waals surface area contributed by atoms with E-state index >= 15 is 0 Å². The van der Waals surface area contributed by atoms with E-state index in [0.29, 0.717) is 31.9 Å². The Morgan fingerprint density at radius 2 is 1.89 bits per heavy atom. The van der Waals surface area contributed by atoms with Crippen LogP contribution in [0.2, 0.25) is 5.02 Å². The van der Waals surface area contributed by atoms with Crippen molar-refractivity contribution in [3.8, 4) is 11.5 Å². The van der Waals surface area contributed by atoms with Crippen LogP contribution in [0.3, 0.4) is 0 Å². The monoisotopic (exact) mass is 492 g/mol. The van der Waals surface area contributed by atoms with Gasteiger partial charge < -0.3 is 19.8 Å². The number of aryl methyl sites for hydroxylation is 1. The Bertz CT molecular complexity index is 1540. The van der Waals surface area contributed by atoms with Crippen molar-refractivity contribution in [1.29, 1.82) is 0 Å². The number of hydrogen-bond donors (Lipinski definition) is 2. The molecule has 2 N–H and O–H groups in total. The molecule has 0 aliphatic carbocycles. The number of methoxy groups -OCH3 is 1. The molecule has 4 aromatic rings. The molecule has 1 amide bonds. The van der Waals surface area contributed by atoms with E-state index in [1.165, 1.54) is 25.5 Å². The van der Waals surface area contributed by atoms with Gasteiger partial charge in [-0.15, -0.1) is 4.68 Å². The molecule has 0 saturated heterocycles. The molecule has 178 valence electrons. The van der Waals surface area contributed by atoms with Crippen LogP contribution in [0.5, 0.6) is 11.5 Å². The molecular formula is C25H21ClN4O5. The molecule has 0 atom stereocenters. The van der Waals surface area contributed by atoms with Gasteiger partial charge in [-0.2, -0.15) is 5.10 Å². The molecule has 10 heteroatoms. The zero-order valence-electron chi connectivity index (χ0n) is 18.9. The molecule has 1 heterocycles. The normalized spacial score (nSPS) is 11.1. The van der Waals surface area contributed by atoms with Crippen molar-refractivity contribution in [3.05, 3.63) is 97.7 Å². The minimum atomic E-state index is -0.709. The first-order chi connectivity index (χ1) is 16.9. The molecule has 0 saturated carbocycles. The summed E-state index contributed by atoms with van der Waals surface area (Å²) < 4.78 is 11.8. The van der Waals surface area contributed by atoms with Crippen molar-refractivity contribution in [2.75, 3.05) is 19.0 Å². The van der Waals surface area contributed by atoms with Gasteiger partial charge in [-0.05, 0) is 37.3 Å². The van der Waals surface area contributed by atoms with E-state index in [9.17, 15) is 14.4 Å².